The van der Waals surface area contributed by atoms with Gasteiger partial charge in [-0.25, -0.2) is 27.9 Å². The maximum Gasteiger partial charge on any atom is 0.335 e. The van der Waals surface area contributed by atoms with Crippen molar-refractivity contribution in [3.8, 4) is 23.2 Å². The lowest BCUT2D eigenvalue weighted by Gasteiger charge is -2.24. The molecular formula is C33H25F3N4O5. The van der Waals surface area contributed by atoms with Crippen LogP contribution in [-0.4, -0.2) is 51.5 Å². The Balaban J connectivity index is 1.26. The Morgan fingerprint density at radius 3 is 2.60 bits per heavy atom. The molecule has 45 heavy (non-hydrogen) atoms. The van der Waals surface area contributed by atoms with Gasteiger partial charge >= 0.3 is 5.97 Å². The van der Waals surface area contributed by atoms with Crippen molar-refractivity contribution < 1.29 is 37.3 Å². The lowest BCUT2D eigenvalue weighted by atomic mass is 10.0. The number of carbonyl (C=O) groups is 1. The minimum atomic E-state index is -1.10. The molecular weight excluding hydrogens is 589 g/mol. The molecule has 12 heteroatoms. The molecule has 2 aromatic heterocycles. The molecule has 0 radical (unpaired) electrons. The van der Waals surface area contributed by atoms with Crippen LogP contribution in [0.4, 0.5) is 13.2 Å². The zero-order valence-electron chi connectivity index (χ0n) is 23.7. The van der Waals surface area contributed by atoms with E-state index < -0.39 is 23.4 Å². The molecule has 1 aliphatic rings. The molecule has 228 valence electrons. The highest BCUT2D eigenvalue weighted by Gasteiger charge is 2.22. The molecule has 0 aliphatic carbocycles. The van der Waals surface area contributed by atoms with E-state index in [0.717, 1.165) is 18.2 Å². The summed E-state index contributed by atoms with van der Waals surface area (Å²) in [4.78, 5) is 20.5. The lowest BCUT2D eigenvalue weighted by molar-refractivity contribution is -0.0934. The molecule has 0 bridgehead atoms. The van der Waals surface area contributed by atoms with Crippen LogP contribution in [0.25, 0.3) is 22.3 Å². The van der Waals surface area contributed by atoms with Gasteiger partial charge in [-0.15, -0.1) is 0 Å². The van der Waals surface area contributed by atoms with Crippen molar-refractivity contribution in [2.45, 2.75) is 25.7 Å². The second-order valence-corrected chi connectivity index (χ2v) is 10.4. The van der Waals surface area contributed by atoms with Gasteiger partial charge in [0, 0.05) is 23.6 Å². The number of aromatic carboxylic acids is 1. The molecule has 9 nitrogen and oxygen atoms in total. The predicted octanol–water partition coefficient (Wildman–Crippen LogP) is 5.67. The van der Waals surface area contributed by atoms with Crippen LogP contribution in [0.3, 0.4) is 0 Å². The standard InChI is InChI=1S/C33H25F3N4O5/c34-25-10-19(15-37)4-5-21(25)17-45-32-3-1-2-28(39-32)24-14-26(35)22(11-27(24)36)13-31-38-29-7-6-20(33(41)42)12-30(29)40(31)16-23-18-43-8-9-44-23/h1-7,10-12,14,23H,8-9,13,16-18H2,(H,41,42)/t23-/m0/s1. The maximum absolute atomic E-state index is 15.5. The van der Waals surface area contributed by atoms with E-state index in [9.17, 15) is 14.3 Å². The van der Waals surface area contributed by atoms with Crippen molar-refractivity contribution in [3.05, 3.63) is 112 Å². The summed E-state index contributed by atoms with van der Waals surface area (Å²) in [5.41, 5.74) is 1.53. The Hall–Kier alpha value is -5.25. The first-order chi connectivity index (χ1) is 21.8. The SMILES string of the molecule is N#Cc1ccc(COc2cccc(-c3cc(F)c(Cc4nc5ccc(C(=O)O)cc5n4C[C@H]4COCCO4)cc3F)n2)c(F)c1. The number of benzene rings is 3. The fourth-order valence-corrected chi connectivity index (χ4v) is 5.11. The van der Waals surface area contributed by atoms with E-state index in [4.69, 9.17) is 19.5 Å². The molecule has 0 unspecified atom stereocenters. The minimum Gasteiger partial charge on any atom is -0.478 e. The summed E-state index contributed by atoms with van der Waals surface area (Å²) in [6.07, 6.45) is -0.415. The van der Waals surface area contributed by atoms with E-state index in [1.54, 1.807) is 16.7 Å². The average Bonchev–Trinajstić information content (AvgIpc) is 3.38. The predicted molar refractivity (Wildman–Crippen MR) is 155 cm³/mol. The zero-order chi connectivity index (χ0) is 31.5. The van der Waals surface area contributed by atoms with Gasteiger partial charge in [-0.05, 0) is 54.1 Å². The zero-order valence-corrected chi connectivity index (χ0v) is 23.7. The van der Waals surface area contributed by atoms with Crippen LogP contribution in [0.5, 0.6) is 5.88 Å². The maximum atomic E-state index is 15.5. The van der Waals surface area contributed by atoms with Crippen LogP contribution in [0.1, 0.15) is 32.9 Å². The van der Waals surface area contributed by atoms with Gasteiger partial charge in [0.1, 0.15) is 29.9 Å². The number of nitrogens with zero attached hydrogens (tertiary/aromatic N) is 4. The van der Waals surface area contributed by atoms with Crippen molar-refractivity contribution in [1.29, 1.82) is 5.26 Å². The number of ether oxygens (including phenoxy) is 3. The minimum absolute atomic E-state index is 0.0378. The molecule has 0 spiro atoms. The molecule has 5 aromatic rings. The number of aromatic nitrogens is 3. The van der Waals surface area contributed by atoms with Gasteiger partial charge in [0.25, 0.3) is 0 Å². The van der Waals surface area contributed by atoms with Gasteiger partial charge in [0.2, 0.25) is 5.88 Å². The Bertz CT molecular complexity index is 1950. The Morgan fingerprint density at radius 1 is 1.00 bits per heavy atom. The summed E-state index contributed by atoms with van der Waals surface area (Å²) in [5.74, 6) is -2.66. The number of carboxylic acid groups (broad SMARTS) is 1. The number of carboxylic acids is 1. The summed E-state index contributed by atoms with van der Waals surface area (Å²) in [7, 11) is 0. The smallest absolute Gasteiger partial charge is 0.335 e. The van der Waals surface area contributed by atoms with Crippen molar-refractivity contribution >= 4 is 17.0 Å². The van der Waals surface area contributed by atoms with Crippen LogP contribution >= 0.6 is 0 Å². The number of hydrogen-bond donors (Lipinski definition) is 1. The number of hydrogen-bond acceptors (Lipinski definition) is 7. The third kappa shape index (κ3) is 6.50. The molecule has 3 heterocycles. The first-order valence-corrected chi connectivity index (χ1v) is 14.0. The van der Waals surface area contributed by atoms with Crippen LogP contribution in [0.15, 0.2) is 66.7 Å². The fourth-order valence-electron chi connectivity index (χ4n) is 5.11. The highest BCUT2D eigenvalue weighted by atomic mass is 19.1. The van der Waals surface area contributed by atoms with Crippen LogP contribution < -0.4 is 4.74 Å². The van der Waals surface area contributed by atoms with Crippen LogP contribution in [-0.2, 0) is 29.0 Å². The van der Waals surface area contributed by atoms with Gasteiger partial charge < -0.3 is 23.9 Å². The summed E-state index contributed by atoms with van der Waals surface area (Å²) >= 11 is 0. The van der Waals surface area contributed by atoms with Gasteiger partial charge in [-0.1, -0.05) is 12.1 Å². The van der Waals surface area contributed by atoms with Crippen molar-refractivity contribution in [2.24, 2.45) is 0 Å². The first kappa shape index (κ1) is 29.8. The second-order valence-electron chi connectivity index (χ2n) is 10.4. The molecule has 1 aliphatic heterocycles. The van der Waals surface area contributed by atoms with E-state index >= 15 is 8.78 Å². The average molecular weight is 615 g/mol. The molecule has 1 fully saturated rings. The van der Waals surface area contributed by atoms with Gasteiger partial charge in [-0.2, -0.15) is 5.26 Å². The van der Waals surface area contributed by atoms with Crippen LogP contribution in [0, 0.1) is 28.8 Å². The number of nitriles is 1. The van der Waals surface area contributed by atoms with E-state index in [2.05, 4.69) is 9.97 Å². The lowest BCUT2D eigenvalue weighted by Crippen LogP contribution is -2.32. The fraction of sp³-hybridized carbons (Fsp3) is 0.212. The molecule has 0 amide bonds. The second kappa shape index (κ2) is 12.8. The molecule has 6 rings (SSSR count). The molecule has 1 saturated heterocycles. The quantitative estimate of drug-likeness (QED) is 0.226. The van der Waals surface area contributed by atoms with Gasteiger partial charge in [0.15, 0.2) is 0 Å². The van der Waals surface area contributed by atoms with Crippen molar-refractivity contribution in [2.75, 3.05) is 19.8 Å². The molecule has 3 aromatic carbocycles. The summed E-state index contributed by atoms with van der Waals surface area (Å²) in [6, 6.07) is 17.1. The number of pyridine rings is 1. The Morgan fingerprint density at radius 2 is 1.84 bits per heavy atom. The summed E-state index contributed by atoms with van der Waals surface area (Å²) < 4.78 is 63.9. The van der Waals surface area contributed by atoms with Gasteiger partial charge in [-0.3, -0.25) is 0 Å². The van der Waals surface area contributed by atoms with Crippen molar-refractivity contribution in [1.82, 2.24) is 14.5 Å². The number of fused-ring (bicyclic) bond motifs is 1. The van der Waals surface area contributed by atoms with Crippen molar-refractivity contribution in [3.63, 3.8) is 0 Å². The van der Waals surface area contributed by atoms with Crippen LogP contribution in [0.2, 0.25) is 0 Å². The Kier molecular flexibility index (Phi) is 8.46. The Labute approximate surface area is 255 Å². The monoisotopic (exact) mass is 614 g/mol. The largest absolute Gasteiger partial charge is 0.478 e. The highest BCUT2D eigenvalue weighted by Crippen LogP contribution is 2.29. The highest BCUT2D eigenvalue weighted by molar-refractivity contribution is 5.92. The normalized spacial score (nSPS) is 14.8. The number of imidazole rings is 1. The topological polar surface area (TPSA) is 119 Å². The van der Waals surface area contributed by atoms with E-state index in [1.807, 2.05) is 6.07 Å². The number of rotatable bonds is 9. The molecule has 0 saturated carbocycles. The van der Waals surface area contributed by atoms with Gasteiger partial charge in [0.05, 0.1) is 66.4 Å². The first-order valence-electron chi connectivity index (χ1n) is 14.0. The summed E-state index contributed by atoms with van der Waals surface area (Å²) in [5, 5.41) is 18.4. The summed E-state index contributed by atoms with van der Waals surface area (Å²) in [6.45, 7) is 1.29. The molecule has 1 N–H and O–H groups in total. The van der Waals surface area contributed by atoms with E-state index in [-0.39, 0.29) is 65.1 Å². The number of halogens is 3. The third-order valence-corrected chi connectivity index (χ3v) is 7.39. The van der Waals surface area contributed by atoms with E-state index in [1.165, 1.54) is 36.4 Å². The molecule has 1 atom stereocenters. The third-order valence-electron chi connectivity index (χ3n) is 7.39. The van der Waals surface area contributed by atoms with E-state index in [0.29, 0.717) is 36.7 Å².